The second-order valence-electron chi connectivity index (χ2n) is 8.54. The number of nitrogens with one attached hydrogen (secondary N) is 1. The zero-order valence-electron chi connectivity index (χ0n) is 19.2. The molecule has 0 saturated carbocycles. The number of benzene rings is 3. The molecule has 0 aliphatic carbocycles. The normalized spacial score (nSPS) is 11.2. The first-order chi connectivity index (χ1) is 17.1. The van der Waals surface area contributed by atoms with Crippen LogP contribution in [0.2, 0.25) is 0 Å². The Kier molecular flexibility index (Phi) is 6.39. The van der Waals surface area contributed by atoms with E-state index in [1.54, 1.807) is 18.3 Å². The molecule has 0 radical (unpaired) electrons. The molecule has 0 unspecified atom stereocenters. The molecule has 0 atom stereocenters. The summed E-state index contributed by atoms with van der Waals surface area (Å²) in [4.78, 5) is 26.0. The minimum Gasteiger partial charge on any atom is -0.354 e. The van der Waals surface area contributed by atoms with Gasteiger partial charge >= 0.3 is 0 Å². The van der Waals surface area contributed by atoms with E-state index >= 15 is 0 Å². The highest BCUT2D eigenvalue weighted by Gasteiger charge is 2.17. The number of hydrogen-bond donors (Lipinski definition) is 1. The largest absolute Gasteiger partial charge is 0.354 e. The first-order valence-electron chi connectivity index (χ1n) is 11.6. The van der Waals surface area contributed by atoms with Crippen LogP contribution in [-0.2, 0) is 24.3 Å². The number of halogens is 1. The smallest absolute Gasteiger partial charge is 0.291 e. The Hall–Kier alpha value is -4.26. The number of carbonyl (C=O) groups is 1. The van der Waals surface area contributed by atoms with Crippen LogP contribution in [0.25, 0.3) is 21.8 Å². The van der Waals surface area contributed by atoms with Gasteiger partial charge in [-0.15, -0.1) is 0 Å². The van der Waals surface area contributed by atoms with E-state index in [1.807, 2.05) is 47.0 Å². The van der Waals surface area contributed by atoms with Crippen molar-refractivity contribution in [2.24, 2.45) is 0 Å². The van der Waals surface area contributed by atoms with Crippen molar-refractivity contribution in [2.45, 2.75) is 25.9 Å². The van der Waals surface area contributed by atoms with Crippen LogP contribution in [-0.4, -0.2) is 26.8 Å². The van der Waals surface area contributed by atoms with Gasteiger partial charge in [0.05, 0.1) is 6.20 Å². The van der Waals surface area contributed by atoms with Crippen molar-refractivity contribution in [2.75, 3.05) is 6.54 Å². The number of rotatable bonds is 8. The molecule has 0 fully saturated rings. The number of aryl methyl sites for hydroxylation is 1. The lowest BCUT2D eigenvalue weighted by molar-refractivity contribution is -0.121. The first kappa shape index (κ1) is 22.5. The van der Waals surface area contributed by atoms with Crippen LogP contribution in [0.3, 0.4) is 0 Å². The molecule has 176 valence electrons. The number of para-hydroxylation sites is 1. The third-order valence-electron chi connectivity index (χ3n) is 6.13. The fourth-order valence-corrected chi connectivity index (χ4v) is 4.40. The first-order valence-corrected chi connectivity index (χ1v) is 11.6. The van der Waals surface area contributed by atoms with Gasteiger partial charge < -0.3 is 9.88 Å². The van der Waals surface area contributed by atoms with Crippen molar-refractivity contribution in [1.82, 2.24) is 19.7 Å². The lowest BCUT2D eigenvalue weighted by Crippen LogP contribution is -2.34. The average Bonchev–Trinajstić information content (AvgIpc) is 3.20. The summed E-state index contributed by atoms with van der Waals surface area (Å²) in [7, 11) is 0. The molecule has 1 N–H and O–H groups in total. The number of fused-ring (bicyclic) bond motifs is 3. The third kappa shape index (κ3) is 4.84. The Morgan fingerprint density at radius 1 is 0.886 bits per heavy atom. The molecule has 35 heavy (non-hydrogen) atoms. The molecular weight excluding hydrogens is 443 g/mol. The maximum atomic E-state index is 13.5. The fraction of sp³-hybridized carbons (Fsp3) is 0.179. The molecule has 0 aliphatic rings. The van der Waals surface area contributed by atoms with E-state index < -0.39 is 0 Å². The SMILES string of the molecule is O=C(Cn1ncc2c3ccccc3n(Cc3ccc(F)cc3)c2c1=O)NCCCc1ccccc1. The van der Waals surface area contributed by atoms with Gasteiger partial charge in [-0.3, -0.25) is 9.59 Å². The van der Waals surface area contributed by atoms with Crippen LogP contribution in [0, 0.1) is 5.82 Å². The summed E-state index contributed by atoms with van der Waals surface area (Å²) in [6.45, 7) is 0.767. The molecular formula is C28H25FN4O2. The van der Waals surface area contributed by atoms with Crippen molar-refractivity contribution in [3.05, 3.63) is 112 Å². The third-order valence-corrected chi connectivity index (χ3v) is 6.13. The summed E-state index contributed by atoms with van der Waals surface area (Å²) in [5.41, 5.74) is 3.11. The summed E-state index contributed by atoms with van der Waals surface area (Å²) in [5.74, 6) is -0.564. The van der Waals surface area contributed by atoms with Gasteiger partial charge in [-0.1, -0.05) is 60.7 Å². The van der Waals surface area contributed by atoms with Crippen LogP contribution in [0.1, 0.15) is 17.5 Å². The Bertz CT molecular complexity index is 1540. The van der Waals surface area contributed by atoms with E-state index in [0.29, 0.717) is 18.6 Å². The van der Waals surface area contributed by atoms with E-state index in [4.69, 9.17) is 0 Å². The molecule has 5 aromatic rings. The molecule has 1 amide bonds. The quantitative estimate of drug-likeness (QED) is 0.346. The highest BCUT2D eigenvalue weighted by molar-refractivity contribution is 6.07. The van der Waals surface area contributed by atoms with Gasteiger partial charge in [0.25, 0.3) is 5.56 Å². The molecule has 0 spiro atoms. The number of nitrogens with zero attached hydrogens (tertiary/aromatic N) is 3. The van der Waals surface area contributed by atoms with Gasteiger partial charge in [-0.05, 0) is 42.2 Å². The molecule has 2 heterocycles. The molecule has 2 aromatic heterocycles. The minimum atomic E-state index is -0.333. The summed E-state index contributed by atoms with van der Waals surface area (Å²) in [5, 5.41) is 8.80. The number of aromatic nitrogens is 3. The number of hydrogen-bond acceptors (Lipinski definition) is 3. The van der Waals surface area contributed by atoms with Gasteiger partial charge in [0.15, 0.2) is 0 Å². The maximum absolute atomic E-state index is 13.5. The van der Waals surface area contributed by atoms with E-state index in [0.717, 1.165) is 34.7 Å². The molecule has 0 saturated heterocycles. The number of amides is 1. The lowest BCUT2D eigenvalue weighted by atomic mass is 10.1. The Labute approximate surface area is 201 Å². The van der Waals surface area contributed by atoms with Crippen LogP contribution in [0.4, 0.5) is 4.39 Å². The lowest BCUT2D eigenvalue weighted by Gasteiger charge is -2.10. The second-order valence-corrected chi connectivity index (χ2v) is 8.54. The van der Waals surface area contributed by atoms with Crippen LogP contribution >= 0.6 is 0 Å². The predicted octanol–water partition coefficient (Wildman–Crippen LogP) is 4.29. The Morgan fingerprint density at radius 2 is 1.63 bits per heavy atom. The molecule has 0 bridgehead atoms. The molecule has 6 nitrogen and oxygen atoms in total. The average molecular weight is 469 g/mol. The predicted molar refractivity (Wildman–Crippen MR) is 135 cm³/mol. The molecule has 5 rings (SSSR count). The molecule has 7 heteroatoms. The van der Waals surface area contributed by atoms with Gasteiger partial charge in [-0.25, -0.2) is 9.07 Å². The van der Waals surface area contributed by atoms with Crippen molar-refractivity contribution < 1.29 is 9.18 Å². The Balaban J connectivity index is 1.38. The van der Waals surface area contributed by atoms with Crippen molar-refractivity contribution in [3.8, 4) is 0 Å². The maximum Gasteiger partial charge on any atom is 0.291 e. The zero-order chi connectivity index (χ0) is 24.2. The zero-order valence-corrected chi connectivity index (χ0v) is 19.2. The van der Waals surface area contributed by atoms with Crippen molar-refractivity contribution in [3.63, 3.8) is 0 Å². The summed E-state index contributed by atoms with van der Waals surface area (Å²) >= 11 is 0. The van der Waals surface area contributed by atoms with Crippen LogP contribution in [0.15, 0.2) is 89.9 Å². The fourth-order valence-electron chi connectivity index (χ4n) is 4.40. The summed E-state index contributed by atoms with van der Waals surface area (Å²) in [6.07, 6.45) is 3.32. The van der Waals surface area contributed by atoms with Gasteiger partial charge in [0, 0.05) is 29.4 Å². The summed E-state index contributed by atoms with van der Waals surface area (Å²) < 4.78 is 16.5. The van der Waals surface area contributed by atoms with Crippen LogP contribution < -0.4 is 10.9 Å². The van der Waals surface area contributed by atoms with E-state index in [2.05, 4.69) is 22.5 Å². The van der Waals surface area contributed by atoms with E-state index in [1.165, 1.54) is 22.4 Å². The minimum absolute atomic E-state index is 0.155. The monoisotopic (exact) mass is 468 g/mol. The van der Waals surface area contributed by atoms with E-state index in [9.17, 15) is 14.0 Å². The topological polar surface area (TPSA) is 68.9 Å². The Morgan fingerprint density at radius 3 is 2.43 bits per heavy atom. The van der Waals surface area contributed by atoms with Crippen molar-refractivity contribution >= 4 is 27.7 Å². The summed E-state index contributed by atoms with van der Waals surface area (Å²) in [6, 6.07) is 24.0. The van der Waals surface area contributed by atoms with E-state index in [-0.39, 0.29) is 23.8 Å². The molecule has 0 aliphatic heterocycles. The van der Waals surface area contributed by atoms with Gasteiger partial charge in [0.1, 0.15) is 17.9 Å². The molecule has 3 aromatic carbocycles. The van der Waals surface area contributed by atoms with Crippen LogP contribution in [0.5, 0.6) is 0 Å². The van der Waals surface area contributed by atoms with Gasteiger partial charge in [-0.2, -0.15) is 5.10 Å². The van der Waals surface area contributed by atoms with Gasteiger partial charge in [0.2, 0.25) is 5.91 Å². The number of carbonyl (C=O) groups excluding carboxylic acids is 1. The standard InChI is InChI=1S/C28H25FN4O2/c29-22-14-12-21(13-15-22)18-32-25-11-5-4-10-23(25)24-17-31-33(28(35)27(24)32)19-26(34)30-16-6-9-20-7-2-1-3-8-20/h1-5,7-8,10-15,17H,6,9,16,18-19H2,(H,30,34). The second kappa shape index (κ2) is 9.93. The highest BCUT2D eigenvalue weighted by atomic mass is 19.1. The van der Waals surface area contributed by atoms with Crippen molar-refractivity contribution in [1.29, 1.82) is 0 Å². The highest BCUT2D eigenvalue weighted by Crippen LogP contribution is 2.27.